The number of aromatic nitrogens is 5. The van der Waals surface area contributed by atoms with Crippen molar-refractivity contribution in [2.24, 2.45) is 7.05 Å². The van der Waals surface area contributed by atoms with Crippen molar-refractivity contribution in [1.29, 1.82) is 0 Å². The van der Waals surface area contributed by atoms with Crippen LogP contribution in [0, 0.1) is 0 Å². The van der Waals surface area contributed by atoms with E-state index in [1.807, 2.05) is 44.4 Å². The highest BCUT2D eigenvalue weighted by atomic mass is 16.1. The minimum absolute atomic E-state index is 0.0860. The number of fused-ring (bicyclic) bond motifs is 1. The van der Waals surface area contributed by atoms with Crippen LogP contribution in [0.4, 0.5) is 11.6 Å². The predicted octanol–water partition coefficient (Wildman–Crippen LogP) is 3.41. The van der Waals surface area contributed by atoms with Crippen LogP contribution < -0.4 is 10.6 Å². The molecule has 0 atom stereocenters. The molecule has 0 aliphatic heterocycles. The van der Waals surface area contributed by atoms with Crippen LogP contribution in [0.3, 0.4) is 0 Å². The molecule has 148 valence electrons. The second-order valence-electron chi connectivity index (χ2n) is 6.72. The summed E-state index contributed by atoms with van der Waals surface area (Å²) in [5.74, 6) is 1.15. The van der Waals surface area contributed by atoms with Crippen molar-refractivity contribution < 1.29 is 4.79 Å². The lowest BCUT2D eigenvalue weighted by atomic mass is 10.1. The number of carbonyl (C=O) groups excluding carboxylic acids is 1. The number of nitrogens with one attached hydrogen (secondary N) is 3. The van der Waals surface area contributed by atoms with E-state index in [9.17, 15) is 4.79 Å². The Bertz CT molecular complexity index is 1160. The van der Waals surface area contributed by atoms with E-state index in [4.69, 9.17) is 0 Å². The second kappa shape index (κ2) is 7.75. The third kappa shape index (κ3) is 3.56. The SMILES string of the molecule is CCNC(=O)c1ccc(-c2nc(Nc3ccc4[nH]ncc4c3CC)n(C)n2)cc1. The highest BCUT2D eigenvalue weighted by molar-refractivity contribution is 5.94. The van der Waals surface area contributed by atoms with E-state index in [-0.39, 0.29) is 5.91 Å². The van der Waals surface area contributed by atoms with Gasteiger partial charge in [-0.15, -0.1) is 5.10 Å². The van der Waals surface area contributed by atoms with Crippen molar-refractivity contribution >= 4 is 28.4 Å². The monoisotopic (exact) mass is 389 g/mol. The van der Waals surface area contributed by atoms with Gasteiger partial charge in [-0.3, -0.25) is 9.89 Å². The standard InChI is InChI=1S/C21H23N7O/c1-4-15-16-12-23-26-18(16)11-10-17(15)24-21-25-19(27-28(21)3)13-6-8-14(9-7-13)20(29)22-5-2/h6-12H,4-5H2,1-3H3,(H,22,29)(H,23,26)(H,24,25,27). The normalized spacial score (nSPS) is 11.0. The molecule has 0 fully saturated rings. The van der Waals surface area contributed by atoms with Crippen LogP contribution in [0.25, 0.3) is 22.3 Å². The lowest BCUT2D eigenvalue weighted by Gasteiger charge is -2.10. The molecule has 4 rings (SSSR count). The Hall–Kier alpha value is -3.68. The molecule has 0 bridgehead atoms. The van der Waals surface area contributed by atoms with Gasteiger partial charge in [-0.2, -0.15) is 10.1 Å². The number of hydrogen-bond donors (Lipinski definition) is 3. The first kappa shape index (κ1) is 18.7. The molecule has 2 heterocycles. The zero-order chi connectivity index (χ0) is 20.4. The van der Waals surface area contributed by atoms with Crippen molar-refractivity contribution in [1.82, 2.24) is 30.3 Å². The molecule has 3 N–H and O–H groups in total. The van der Waals surface area contributed by atoms with E-state index >= 15 is 0 Å². The third-order valence-electron chi connectivity index (χ3n) is 4.84. The highest BCUT2D eigenvalue weighted by Crippen LogP contribution is 2.28. The van der Waals surface area contributed by atoms with Crippen LogP contribution in [0.2, 0.25) is 0 Å². The smallest absolute Gasteiger partial charge is 0.251 e. The van der Waals surface area contributed by atoms with Gasteiger partial charge in [-0.05, 0) is 43.2 Å². The summed E-state index contributed by atoms with van der Waals surface area (Å²) in [4.78, 5) is 16.6. The molecule has 8 heteroatoms. The second-order valence-corrected chi connectivity index (χ2v) is 6.72. The number of carbonyl (C=O) groups is 1. The Morgan fingerprint density at radius 1 is 1.14 bits per heavy atom. The quantitative estimate of drug-likeness (QED) is 0.469. The van der Waals surface area contributed by atoms with E-state index in [1.165, 1.54) is 5.56 Å². The lowest BCUT2D eigenvalue weighted by Crippen LogP contribution is -2.22. The average Bonchev–Trinajstić information content (AvgIpc) is 3.35. The minimum atomic E-state index is -0.0860. The van der Waals surface area contributed by atoms with Crippen LogP contribution in [0.15, 0.2) is 42.6 Å². The van der Waals surface area contributed by atoms with Crippen LogP contribution >= 0.6 is 0 Å². The minimum Gasteiger partial charge on any atom is -0.352 e. The van der Waals surface area contributed by atoms with Gasteiger partial charge in [0.25, 0.3) is 5.91 Å². The maximum Gasteiger partial charge on any atom is 0.251 e. The van der Waals surface area contributed by atoms with Gasteiger partial charge < -0.3 is 10.6 Å². The molecule has 2 aromatic carbocycles. The molecule has 0 radical (unpaired) electrons. The molecular formula is C21H23N7O. The number of aromatic amines is 1. The first-order valence-corrected chi connectivity index (χ1v) is 9.62. The summed E-state index contributed by atoms with van der Waals surface area (Å²) < 4.78 is 1.71. The van der Waals surface area contributed by atoms with Crippen molar-refractivity contribution in [2.75, 3.05) is 11.9 Å². The van der Waals surface area contributed by atoms with Gasteiger partial charge in [0.2, 0.25) is 5.95 Å². The number of aryl methyl sites for hydroxylation is 2. The maximum absolute atomic E-state index is 11.9. The van der Waals surface area contributed by atoms with Gasteiger partial charge >= 0.3 is 0 Å². The van der Waals surface area contributed by atoms with E-state index < -0.39 is 0 Å². The van der Waals surface area contributed by atoms with Gasteiger partial charge in [-0.25, -0.2) is 4.68 Å². The molecule has 0 saturated carbocycles. The van der Waals surface area contributed by atoms with Crippen LogP contribution in [-0.4, -0.2) is 37.4 Å². The molecule has 0 unspecified atom stereocenters. The van der Waals surface area contributed by atoms with Crippen LogP contribution in [-0.2, 0) is 13.5 Å². The average molecular weight is 389 g/mol. The molecule has 0 aliphatic carbocycles. The fraction of sp³-hybridized carbons (Fsp3) is 0.238. The van der Waals surface area contributed by atoms with Crippen molar-refractivity contribution in [2.45, 2.75) is 20.3 Å². The molecule has 0 saturated heterocycles. The summed E-state index contributed by atoms with van der Waals surface area (Å²) in [6.45, 7) is 4.61. The van der Waals surface area contributed by atoms with Gasteiger partial charge in [0.05, 0.1) is 11.7 Å². The van der Waals surface area contributed by atoms with Gasteiger partial charge in [-0.1, -0.05) is 19.1 Å². The van der Waals surface area contributed by atoms with Crippen molar-refractivity contribution in [3.8, 4) is 11.4 Å². The number of benzene rings is 2. The summed E-state index contributed by atoms with van der Waals surface area (Å²) in [5.41, 5.74) is 4.63. The molecule has 2 aromatic heterocycles. The number of rotatable bonds is 6. The number of H-pyrrole nitrogens is 1. The first-order chi connectivity index (χ1) is 14.1. The summed E-state index contributed by atoms with van der Waals surface area (Å²) in [7, 11) is 1.85. The van der Waals surface area contributed by atoms with Crippen LogP contribution in [0.1, 0.15) is 29.8 Å². The Balaban J connectivity index is 1.61. The summed E-state index contributed by atoms with van der Waals surface area (Å²) >= 11 is 0. The zero-order valence-electron chi connectivity index (χ0n) is 16.7. The number of hydrogen-bond acceptors (Lipinski definition) is 5. The number of anilines is 2. The highest BCUT2D eigenvalue weighted by Gasteiger charge is 2.14. The Morgan fingerprint density at radius 3 is 2.66 bits per heavy atom. The van der Waals surface area contributed by atoms with E-state index in [2.05, 4.69) is 37.8 Å². The first-order valence-electron chi connectivity index (χ1n) is 9.62. The molecule has 4 aromatic rings. The molecule has 0 aliphatic rings. The van der Waals surface area contributed by atoms with Crippen LogP contribution in [0.5, 0.6) is 0 Å². The number of nitrogens with zero attached hydrogens (tertiary/aromatic N) is 4. The van der Waals surface area contributed by atoms with E-state index in [1.54, 1.807) is 16.8 Å². The van der Waals surface area contributed by atoms with E-state index in [0.29, 0.717) is 23.9 Å². The Labute approximate surface area is 168 Å². The van der Waals surface area contributed by atoms with E-state index in [0.717, 1.165) is 28.6 Å². The molecule has 1 amide bonds. The summed E-state index contributed by atoms with van der Waals surface area (Å²) in [6.07, 6.45) is 2.71. The molecule has 29 heavy (non-hydrogen) atoms. The van der Waals surface area contributed by atoms with Gasteiger partial charge in [0.15, 0.2) is 5.82 Å². The van der Waals surface area contributed by atoms with Gasteiger partial charge in [0.1, 0.15) is 0 Å². The fourth-order valence-corrected chi connectivity index (χ4v) is 3.34. The fourth-order valence-electron chi connectivity index (χ4n) is 3.34. The van der Waals surface area contributed by atoms with Gasteiger partial charge in [0, 0.05) is 35.8 Å². The molecule has 0 spiro atoms. The largest absolute Gasteiger partial charge is 0.352 e. The van der Waals surface area contributed by atoms with Crippen molar-refractivity contribution in [3.05, 3.63) is 53.7 Å². The topological polar surface area (TPSA) is 101 Å². The molecular weight excluding hydrogens is 366 g/mol. The number of amides is 1. The molecule has 8 nitrogen and oxygen atoms in total. The zero-order valence-corrected chi connectivity index (χ0v) is 16.7. The summed E-state index contributed by atoms with van der Waals surface area (Å²) in [5, 5.41) is 18.9. The predicted molar refractivity (Wildman–Crippen MR) is 113 cm³/mol. The lowest BCUT2D eigenvalue weighted by molar-refractivity contribution is 0.0956. The Morgan fingerprint density at radius 2 is 1.93 bits per heavy atom. The maximum atomic E-state index is 11.9. The third-order valence-corrected chi connectivity index (χ3v) is 4.84. The Kier molecular flexibility index (Phi) is 4.99. The van der Waals surface area contributed by atoms with Crippen molar-refractivity contribution in [3.63, 3.8) is 0 Å². The summed E-state index contributed by atoms with van der Waals surface area (Å²) in [6, 6.07) is 11.3.